The van der Waals surface area contributed by atoms with E-state index in [2.05, 4.69) is 12.6 Å². The summed E-state index contributed by atoms with van der Waals surface area (Å²) in [5.74, 6) is -0.433. The van der Waals surface area contributed by atoms with Crippen molar-refractivity contribution in [3.8, 4) is 0 Å². The normalized spacial score (nSPS) is 13.6. The molecule has 0 spiro atoms. The summed E-state index contributed by atoms with van der Waals surface area (Å²) >= 11 is 4.41. The first kappa shape index (κ1) is 35.6. The van der Waals surface area contributed by atoms with Gasteiger partial charge in [-0.15, -0.1) is 0 Å². The average molecular weight is 554 g/mol. The molecule has 0 N–H and O–H groups in total. The molecule has 218 valence electrons. The van der Waals surface area contributed by atoms with Crippen LogP contribution >= 0.6 is 12.6 Å². The number of esters is 1. The van der Waals surface area contributed by atoms with Crippen LogP contribution < -0.4 is 0 Å². The summed E-state index contributed by atoms with van der Waals surface area (Å²) in [6.45, 7) is 11.3. The van der Waals surface area contributed by atoms with Gasteiger partial charge in [-0.3, -0.25) is 4.79 Å². The Morgan fingerprint density at radius 2 is 1.03 bits per heavy atom. The molecule has 1 amide bonds. The van der Waals surface area contributed by atoms with Crippen molar-refractivity contribution < 1.29 is 47.5 Å². The maximum Gasteiger partial charge on any atom is 0.409 e. The minimum atomic E-state index is -0.396. The fraction of sp³-hybridized carbons (Fsp3) is 0.880. The average Bonchev–Trinajstić information content (AvgIpc) is 2.90. The molecule has 0 unspecified atom stereocenters. The van der Waals surface area contributed by atoms with Crippen molar-refractivity contribution in [2.24, 2.45) is 0 Å². The van der Waals surface area contributed by atoms with Crippen LogP contribution in [-0.2, 0) is 42.7 Å². The molecule has 1 heterocycles. The van der Waals surface area contributed by atoms with Gasteiger partial charge in [-0.05, 0) is 19.8 Å². The zero-order valence-corrected chi connectivity index (χ0v) is 23.7. The number of nitrogens with zero attached hydrogens (tertiary/aromatic N) is 1. The van der Waals surface area contributed by atoms with Gasteiger partial charge in [-0.25, -0.2) is 4.79 Å². The van der Waals surface area contributed by atoms with Gasteiger partial charge in [0.15, 0.2) is 0 Å². The second-order valence-electron chi connectivity index (χ2n) is 7.82. The van der Waals surface area contributed by atoms with Crippen molar-refractivity contribution in [3.63, 3.8) is 0 Å². The van der Waals surface area contributed by atoms with Crippen LogP contribution in [0.4, 0.5) is 4.79 Å². The molecule has 0 bridgehead atoms. The zero-order chi connectivity index (χ0) is 27.6. The molecular weight excluding hydrogens is 506 g/mol. The van der Waals surface area contributed by atoms with Crippen LogP contribution in [0.15, 0.2) is 0 Å². The van der Waals surface area contributed by atoms with E-state index < -0.39 is 5.97 Å². The van der Waals surface area contributed by atoms with Crippen molar-refractivity contribution in [2.45, 2.75) is 51.7 Å². The van der Waals surface area contributed by atoms with Crippen molar-refractivity contribution in [1.29, 1.82) is 0 Å². The van der Waals surface area contributed by atoms with Gasteiger partial charge < -0.3 is 42.9 Å². The predicted octanol–water partition coefficient (Wildman–Crippen LogP) is 2.54. The van der Waals surface area contributed by atoms with E-state index >= 15 is 0 Å². The second kappa shape index (κ2) is 26.2. The smallest absolute Gasteiger partial charge is 0.409 e. The van der Waals surface area contributed by atoms with Gasteiger partial charge in [-0.2, -0.15) is 12.6 Å². The second-order valence-corrected chi connectivity index (χ2v) is 8.55. The number of hydrogen-bond donors (Lipinski definition) is 1. The lowest BCUT2D eigenvalue weighted by Gasteiger charge is -2.28. The molecule has 0 radical (unpaired) electrons. The van der Waals surface area contributed by atoms with E-state index in [0.717, 1.165) is 12.8 Å². The minimum absolute atomic E-state index is 0.0366. The molecule has 0 aliphatic carbocycles. The standard InChI is InChI=1S/C23H41NO10S.C2H6/c1-20(25)2-3-22(26)33-18-16-31-14-12-29-10-8-28-9-11-30-13-15-32-17-19-34-23(27)24-6-4-21(35)5-7-24;1-2/h21,35H,2-19H2,1H3;1-2H3. The fourth-order valence-corrected chi connectivity index (χ4v) is 3.10. The summed E-state index contributed by atoms with van der Waals surface area (Å²) in [5.41, 5.74) is 0. The van der Waals surface area contributed by atoms with E-state index in [0.29, 0.717) is 77.8 Å². The molecule has 37 heavy (non-hydrogen) atoms. The molecule has 0 aromatic rings. The molecule has 1 aliphatic rings. The number of ketones is 1. The zero-order valence-electron chi connectivity index (χ0n) is 22.8. The van der Waals surface area contributed by atoms with Crippen LogP contribution in [0.1, 0.15) is 46.5 Å². The van der Waals surface area contributed by atoms with Crippen LogP contribution in [0.5, 0.6) is 0 Å². The lowest BCUT2D eigenvalue weighted by Crippen LogP contribution is -2.39. The van der Waals surface area contributed by atoms with Gasteiger partial charge >= 0.3 is 12.1 Å². The van der Waals surface area contributed by atoms with Crippen LogP contribution in [0.25, 0.3) is 0 Å². The van der Waals surface area contributed by atoms with E-state index in [9.17, 15) is 14.4 Å². The number of likely N-dealkylation sites (tertiary alicyclic amines) is 1. The first-order valence-electron chi connectivity index (χ1n) is 13.1. The van der Waals surface area contributed by atoms with Gasteiger partial charge in [0, 0.05) is 24.8 Å². The lowest BCUT2D eigenvalue weighted by molar-refractivity contribution is -0.146. The highest BCUT2D eigenvalue weighted by molar-refractivity contribution is 7.80. The Balaban J connectivity index is 0.00000631. The largest absolute Gasteiger partial charge is 0.463 e. The van der Waals surface area contributed by atoms with E-state index in [-0.39, 0.29) is 44.5 Å². The Morgan fingerprint density at radius 1 is 0.649 bits per heavy atom. The van der Waals surface area contributed by atoms with Crippen LogP contribution in [0, 0.1) is 0 Å². The predicted molar refractivity (Wildman–Crippen MR) is 141 cm³/mol. The van der Waals surface area contributed by atoms with E-state index in [1.165, 1.54) is 6.92 Å². The van der Waals surface area contributed by atoms with Crippen LogP contribution in [-0.4, -0.2) is 120 Å². The Labute approximate surface area is 227 Å². The summed E-state index contributed by atoms with van der Waals surface area (Å²) in [4.78, 5) is 35.6. The van der Waals surface area contributed by atoms with Crippen molar-refractivity contribution >= 4 is 30.5 Å². The van der Waals surface area contributed by atoms with Crippen molar-refractivity contribution in [1.82, 2.24) is 4.90 Å². The topological polar surface area (TPSA) is 119 Å². The fourth-order valence-electron chi connectivity index (χ4n) is 2.87. The number of rotatable bonds is 21. The molecule has 1 aliphatic heterocycles. The Morgan fingerprint density at radius 3 is 1.43 bits per heavy atom. The first-order valence-corrected chi connectivity index (χ1v) is 13.6. The van der Waals surface area contributed by atoms with Crippen LogP contribution in [0.2, 0.25) is 0 Å². The summed E-state index contributed by atoms with van der Waals surface area (Å²) in [6.07, 6.45) is 1.80. The number of hydrogen-bond acceptors (Lipinski definition) is 11. The third kappa shape index (κ3) is 23.4. The molecule has 11 nitrogen and oxygen atoms in total. The van der Waals surface area contributed by atoms with Gasteiger partial charge in [0.2, 0.25) is 0 Å². The highest BCUT2D eigenvalue weighted by atomic mass is 32.1. The number of carbonyl (C=O) groups excluding carboxylic acids is 3. The monoisotopic (exact) mass is 553 g/mol. The van der Waals surface area contributed by atoms with E-state index in [1.54, 1.807) is 4.90 Å². The molecule has 0 aromatic heterocycles. The Hall–Kier alpha value is -1.44. The molecule has 0 saturated carbocycles. The molecule has 0 aromatic carbocycles. The SMILES string of the molecule is CC.CC(=O)CCC(=O)OCCOCCOCCOCCOCCOCCOC(=O)N1CCC(S)CC1. The first-order chi connectivity index (χ1) is 18.0. The molecule has 1 fully saturated rings. The maximum absolute atomic E-state index is 11.9. The number of ether oxygens (including phenoxy) is 7. The number of thiol groups is 1. The number of piperidine rings is 1. The van der Waals surface area contributed by atoms with Gasteiger partial charge in [-0.1, -0.05) is 13.8 Å². The van der Waals surface area contributed by atoms with Gasteiger partial charge in [0.1, 0.15) is 19.0 Å². The maximum atomic E-state index is 11.9. The molecular formula is C25H47NO10S. The summed E-state index contributed by atoms with van der Waals surface area (Å²) in [5, 5.41) is 0.370. The van der Waals surface area contributed by atoms with Crippen LogP contribution in [0.3, 0.4) is 0 Å². The van der Waals surface area contributed by atoms with Crippen molar-refractivity contribution in [3.05, 3.63) is 0 Å². The van der Waals surface area contributed by atoms with E-state index in [1.807, 2.05) is 13.8 Å². The summed E-state index contributed by atoms with van der Waals surface area (Å²) in [6, 6.07) is 0. The van der Waals surface area contributed by atoms with E-state index in [4.69, 9.17) is 33.2 Å². The molecule has 0 atom stereocenters. The number of amides is 1. The minimum Gasteiger partial charge on any atom is -0.463 e. The summed E-state index contributed by atoms with van der Waals surface area (Å²) in [7, 11) is 0. The number of carbonyl (C=O) groups is 3. The molecule has 12 heteroatoms. The third-order valence-electron chi connectivity index (χ3n) is 4.84. The number of Topliss-reactive ketones (excluding diaryl/α,β-unsaturated/α-hetero) is 1. The van der Waals surface area contributed by atoms with Gasteiger partial charge in [0.05, 0.1) is 72.5 Å². The van der Waals surface area contributed by atoms with Crippen molar-refractivity contribution in [2.75, 3.05) is 92.4 Å². The molecule has 1 rings (SSSR count). The highest BCUT2D eigenvalue weighted by Crippen LogP contribution is 2.15. The highest BCUT2D eigenvalue weighted by Gasteiger charge is 2.21. The lowest BCUT2D eigenvalue weighted by atomic mass is 10.1. The quantitative estimate of drug-likeness (QED) is 0.129. The Bertz CT molecular complexity index is 574. The van der Waals surface area contributed by atoms with Gasteiger partial charge in [0.25, 0.3) is 0 Å². The summed E-state index contributed by atoms with van der Waals surface area (Å²) < 4.78 is 37.0. The third-order valence-corrected chi connectivity index (χ3v) is 5.35. The Kier molecular flexibility index (Phi) is 25.2. The molecule has 1 saturated heterocycles.